The van der Waals surface area contributed by atoms with Crippen LogP contribution < -0.4 is 5.32 Å². The summed E-state index contributed by atoms with van der Waals surface area (Å²) in [4.78, 5) is 0. The number of aryl methyl sites for hydroxylation is 2. The zero-order chi connectivity index (χ0) is 9.42. The summed E-state index contributed by atoms with van der Waals surface area (Å²) in [5, 5.41) is 17.2. The molecule has 1 aliphatic rings. The lowest BCUT2D eigenvalue weighted by Gasteiger charge is -2.14. The molecule has 2 unspecified atom stereocenters. The number of aliphatic hydroxyl groups excluding tert-OH is 1. The molecule has 1 aliphatic heterocycles. The van der Waals surface area contributed by atoms with Crippen LogP contribution in [0.4, 0.5) is 0 Å². The van der Waals surface area contributed by atoms with E-state index in [4.69, 9.17) is 0 Å². The topological polar surface area (TPSA) is 50.1 Å². The second kappa shape index (κ2) is 3.12. The highest BCUT2D eigenvalue weighted by Crippen LogP contribution is 2.23. The van der Waals surface area contributed by atoms with Crippen LogP contribution in [0.2, 0.25) is 0 Å². The first-order chi connectivity index (χ1) is 6.18. The first-order valence-corrected chi connectivity index (χ1v) is 4.60. The zero-order valence-corrected chi connectivity index (χ0v) is 7.99. The molecule has 0 radical (unpaired) electrons. The van der Waals surface area contributed by atoms with E-state index >= 15 is 0 Å². The average Bonchev–Trinajstić information content (AvgIpc) is 2.58. The maximum Gasteiger partial charge on any atom is 0.0762 e. The minimum Gasteiger partial charge on any atom is -0.391 e. The Balaban J connectivity index is 2.28. The van der Waals surface area contributed by atoms with Gasteiger partial charge in [0.15, 0.2) is 0 Å². The Morgan fingerprint density at radius 1 is 1.69 bits per heavy atom. The van der Waals surface area contributed by atoms with E-state index in [1.807, 2.05) is 24.7 Å². The van der Waals surface area contributed by atoms with Gasteiger partial charge in [-0.15, -0.1) is 0 Å². The van der Waals surface area contributed by atoms with Gasteiger partial charge in [-0.05, 0) is 26.0 Å². The molecule has 2 atom stereocenters. The molecule has 4 nitrogen and oxygen atoms in total. The van der Waals surface area contributed by atoms with Crippen LogP contribution in [-0.4, -0.2) is 27.5 Å². The van der Waals surface area contributed by atoms with Crippen molar-refractivity contribution in [3.63, 3.8) is 0 Å². The lowest BCUT2D eigenvalue weighted by Crippen LogP contribution is -2.23. The Morgan fingerprint density at radius 2 is 2.46 bits per heavy atom. The van der Waals surface area contributed by atoms with Gasteiger partial charge in [-0.2, -0.15) is 5.10 Å². The number of nitrogens with one attached hydrogen (secondary N) is 1. The van der Waals surface area contributed by atoms with Gasteiger partial charge in [-0.3, -0.25) is 4.68 Å². The second-order valence-corrected chi connectivity index (χ2v) is 3.62. The van der Waals surface area contributed by atoms with Crippen molar-refractivity contribution in [1.82, 2.24) is 15.1 Å². The first kappa shape index (κ1) is 8.72. The standard InChI is InChI=1S/C9H15N3O/c1-6-5-7(12(2)11-6)9-8(13)3-4-10-9/h5,8-10,13H,3-4H2,1-2H3. The van der Waals surface area contributed by atoms with Crippen LogP contribution in [0.5, 0.6) is 0 Å². The van der Waals surface area contributed by atoms with Crippen LogP contribution >= 0.6 is 0 Å². The highest BCUT2D eigenvalue weighted by atomic mass is 16.3. The number of aliphatic hydroxyl groups is 1. The summed E-state index contributed by atoms with van der Waals surface area (Å²) >= 11 is 0. The Morgan fingerprint density at radius 3 is 2.92 bits per heavy atom. The summed E-state index contributed by atoms with van der Waals surface area (Å²) < 4.78 is 1.83. The molecule has 4 heteroatoms. The number of hydrogen-bond donors (Lipinski definition) is 2. The molecule has 0 aliphatic carbocycles. The molecule has 0 bridgehead atoms. The Kier molecular flexibility index (Phi) is 2.09. The lowest BCUT2D eigenvalue weighted by atomic mass is 10.1. The molecule has 13 heavy (non-hydrogen) atoms. The van der Waals surface area contributed by atoms with Crippen molar-refractivity contribution in [2.45, 2.75) is 25.5 Å². The summed E-state index contributed by atoms with van der Waals surface area (Å²) in [7, 11) is 1.91. The minimum atomic E-state index is -0.269. The highest BCUT2D eigenvalue weighted by Gasteiger charge is 2.28. The first-order valence-electron chi connectivity index (χ1n) is 4.60. The number of nitrogens with zero attached hydrogens (tertiary/aromatic N) is 2. The van der Waals surface area contributed by atoms with Crippen LogP contribution in [0.15, 0.2) is 6.07 Å². The van der Waals surface area contributed by atoms with Crippen LogP contribution in [0, 0.1) is 6.92 Å². The molecule has 1 fully saturated rings. The number of aromatic nitrogens is 2. The van der Waals surface area contributed by atoms with Crippen LogP contribution in [0.3, 0.4) is 0 Å². The normalized spacial score (nSPS) is 28.2. The van der Waals surface area contributed by atoms with Crippen LogP contribution in [0.25, 0.3) is 0 Å². The molecular weight excluding hydrogens is 166 g/mol. The van der Waals surface area contributed by atoms with Crippen molar-refractivity contribution >= 4 is 0 Å². The summed E-state index contributed by atoms with van der Waals surface area (Å²) in [6, 6.07) is 2.08. The van der Waals surface area contributed by atoms with Gasteiger partial charge in [0.2, 0.25) is 0 Å². The molecule has 1 saturated heterocycles. The fourth-order valence-corrected chi connectivity index (χ4v) is 1.91. The smallest absolute Gasteiger partial charge is 0.0762 e. The van der Waals surface area contributed by atoms with Gasteiger partial charge in [0.25, 0.3) is 0 Å². The van der Waals surface area contributed by atoms with E-state index in [0.717, 1.165) is 24.4 Å². The van der Waals surface area contributed by atoms with Gasteiger partial charge < -0.3 is 10.4 Å². The molecule has 2 rings (SSSR count). The highest BCUT2D eigenvalue weighted by molar-refractivity contribution is 5.15. The maximum atomic E-state index is 9.67. The van der Waals surface area contributed by atoms with Gasteiger partial charge >= 0.3 is 0 Å². The molecule has 0 spiro atoms. The van der Waals surface area contributed by atoms with Crippen molar-refractivity contribution in [3.8, 4) is 0 Å². The summed E-state index contributed by atoms with van der Waals surface area (Å²) in [5.41, 5.74) is 2.07. The Bertz CT molecular complexity index is 308. The van der Waals surface area contributed by atoms with Crippen molar-refractivity contribution < 1.29 is 5.11 Å². The third kappa shape index (κ3) is 1.47. The van der Waals surface area contributed by atoms with Gasteiger partial charge in [0.1, 0.15) is 0 Å². The van der Waals surface area contributed by atoms with Crippen molar-refractivity contribution in [1.29, 1.82) is 0 Å². The zero-order valence-electron chi connectivity index (χ0n) is 7.99. The fraction of sp³-hybridized carbons (Fsp3) is 0.667. The molecule has 0 amide bonds. The Hall–Kier alpha value is -0.870. The van der Waals surface area contributed by atoms with Gasteiger partial charge in [-0.1, -0.05) is 0 Å². The van der Waals surface area contributed by atoms with E-state index in [2.05, 4.69) is 10.4 Å². The van der Waals surface area contributed by atoms with E-state index < -0.39 is 0 Å². The maximum absolute atomic E-state index is 9.67. The third-order valence-electron chi connectivity index (χ3n) is 2.55. The van der Waals surface area contributed by atoms with E-state index in [-0.39, 0.29) is 12.1 Å². The quantitative estimate of drug-likeness (QED) is 0.647. The van der Waals surface area contributed by atoms with E-state index in [1.54, 1.807) is 0 Å². The molecular formula is C9H15N3O. The molecule has 0 aromatic carbocycles. The summed E-state index contributed by atoms with van der Waals surface area (Å²) in [6.07, 6.45) is 0.560. The molecule has 1 aromatic rings. The van der Waals surface area contributed by atoms with Gasteiger partial charge in [-0.25, -0.2) is 0 Å². The van der Waals surface area contributed by atoms with Gasteiger partial charge in [0.05, 0.1) is 23.5 Å². The molecule has 0 saturated carbocycles. The number of rotatable bonds is 1. The second-order valence-electron chi connectivity index (χ2n) is 3.62. The number of hydrogen-bond acceptors (Lipinski definition) is 3. The monoisotopic (exact) mass is 181 g/mol. The summed E-state index contributed by atoms with van der Waals surface area (Å²) in [6.45, 7) is 2.85. The lowest BCUT2D eigenvalue weighted by molar-refractivity contribution is 0.156. The largest absolute Gasteiger partial charge is 0.391 e. The molecule has 2 heterocycles. The van der Waals surface area contributed by atoms with Crippen LogP contribution in [0.1, 0.15) is 23.9 Å². The van der Waals surface area contributed by atoms with E-state index in [9.17, 15) is 5.11 Å². The molecule has 72 valence electrons. The SMILES string of the molecule is Cc1cc(C2NCCC2O)n(C)n1. The average molecular weight is 181 g/mol. The predicted molar refractivity (Wildman–Crippen MR) is 49.3 cm³/mol. The summed E-state index contributed by atoms with van der Waals surface area (Å²) in [5.74, 6) is 0. The fourth-order valence-electron chi connectivity index (χ4n) is 1.91. The van der Waals surface area contributed by atoms with Crippen LogP contribution in [-0.2, 0) is 7.05 Å². The minimum absolute atomic E-state index is 0.0613. The third-order valence-corrected chi connectivity index (χ3v) is 2.55. The van der Waals surface area contributed by atoms with Crippen molar-refractivity contribution in [3.05, 3.63) is 17.5 Å². The predicted octanol–water partition coefficient (Wildman–Crippen LogP) is 0.124. The van der Waals surface area contributed by atoms with Crippen molar-refractivity contribution in [2.24, 2.45) is 7.05 Å². The van der Waals surface area contributed by atoms with Gasteiger partial charge in [0, 0.05) is 7.05 Å². The Labute approximate surface area is 77.6 Å². The molecule has 1 aromatic heterocycles. The van der Waals surface area contributed by atoms with E-state index in [1.165, 1.54) is 0 Å². The van der Waals surface area contributed by atoms with Crippen molar-refractivity contribution in [2.75, 3.05) is 6.54 Å². The molecule has 2 N–H and O–H groups in total. The van der Waals surface area contributed by atoms with E-state index in [0.29, 0.717) is 0 Å².